The Morgan fingerprint density at radius 2 is 1.53 bits per heavy atom. The van der Waals surface area contributed by atoms with Crippen molar-refractivity contribution in [3.05, 3.63) is 63.1 Å². The van der Waals surface area contributed by atoms with Crippen molar-refractivity contribution in [2.24, 2.45) is 0 Å². The molecule has 0 aliphatic carbocycles. The van der Waals surface area contributed by atoms with Gasteiger partial charge in [-0.1, -0.05) is 40.9 Å². The zero-order valence-corrected chi connectivity index (χ0v) is 11.1. The van der Waals surface area contributed by atoms with Crippen LogP contribution in [0.4, 0.5) is 0 Å². The van der Waals surface area contributed by atoms with Gasteiger partial charge in [-0.3, -0.25) is 0 Å². The molecular formula is C13H9Cl3O. The van der Waals surface area contributed by atoms with Gasteiger partial charge in [-0.25, -0.2) is 0 Å². The summed E-state index contributed by atoms with van der Waals surface area (Å²) in [6.45, 7) is 0.443. The summed E-state index contributed by atoms with van der Waals surface area (Å²) < 4.78 is 5.58. The van der Waals surface area contributed by atoms with E-state index in [0.717, 1.165) is 11.3 Å². The molecule has 2 aromatic rings. The van der Waals surface area contributed by atoms with Crippen LogP contribution in [-0.4, -0.2) is 0 Å². The molecule has 0 fully saturated rings. The lowest BCUT2D eigenvalue weighted by atomic mass is 10.2. The topological polar surface area (TPSA) is 9.23 Å². The Kier molecular flexibility index (Phi) is 4.16. The van der Waals surface area contributed by atoms with Crippen LogP contribution in [-0.2, 0) is 6.61 Å². The molecule has 0 aliphatic rings. The molecule has 0 N–H and O–H groups in total. The van der Waals surface area contributed by atoms with E-state index >= 15 is 0 Å². The van der Waals surface area contributed by atoms with E-state index in [1.54, 1.807) is 24.3 Å². The average molecular weight is 288 g/mol. The molecular weight excluding hydrogens is 279 g/mol. The Balaban J connectivity index is 2.02. The van der Waals surface area contributed by atoms with Crippen molar-refractivity contribution in [3.63, 3.8) is 0 Å². The van der Waals surface area contributed by atoms with Gasteiger partial charge in [0.15, 0.2) is 0 Å². The third-order valence-electron chi connectivity index (χ3n) is 2.20. The molecule has 0 aromatic heterocycles. The Morgan fingerprint density at radius 3 is 2.18 bits per heavy atom. The highest BCUT2D eigenvalue weighted by Crippen LogP contribution is 2.23. The maximum Gasteiger partial charge on any atom is 0.119 e. The smallest absolute Gasteiger partial charge is 0.119 e. The van der Waals surface area contributed by atoms with Gasteiger partial charge < -0.3 is 4.74 Å². The highest BCUT2D eigenvalue weighted by Gasteiger charge is 2.00. The van der Waals surface area contributed by atoms with Gasteiger partial charge in [0.1, 0.15) is 12.4 Å². The van der Waals surface area contributed by atoms with E-state index in [0.29, 0.717) is 21.7 Å². The van der Waals surface area contributed by atoms with E-state index in [4.69, 9.17) is 39.5 Å². The van der Waals surface area contributed by atoms with Crippen molar-refractivity contribution < 1.29 is 4.74 Å². The Morgan fingerprint density at radius 1 is 0.824 bits per heavy atom. The SMILES string of the molecule is Clc1ccc(OCc2ccc(Cl)c(Cl)c2)cc1. The first-order valence-corrected chi connectivity index (χ1v) is 6.11. The summed E-state index contributed by atoms with van der Waals surface area (Å²) in [7, 11) is 0. The van der Waals surface area contributed by atoms with Gasteiger partial charge in [0.05, 0.1) is 10.0 Å². The van der Waals surface area contributed by atoms with Gasteiger partial charge in [-0.15, -0.1) is 0 Å². The second-order valence-corrected chi connectivity index (χ2v) is 4.74. The van der Waals surface area contributed by atoms with Crippen LogP contribution in [0.25, 0.3) is 0 Å². The molecule has 88 valence electrons. The van der Waals surface area contributed by atoms with Crippen LogP contribution in [0, 0.1) is 0 Å². The Labute approximate surface area is 115 Å². The van der Waals surface area contributed by atoms with E-state index in [1.165, 1.54) is 0 Å². The van der Waals surface area contributed by atoms with Crippen LogP contribution in [0.3, 0.4) is 0 Å². The molecule has 0 atom stereocenters. The van der Waals surface area contributed by atoms with Gasteiger partial charge in [-0.05, 0) is 42.0 Å². The number of hydrogen-bond acceptors (Lipinski definition) is 1. The van der Waals surface area contributed by atoms with Crippen molar-refractivity contribution in [2.75, 3.05) is 0 Å². The number of ether oxygens (including phenoxy) is 1. The summed E-state index contributed by atoms with van der Waals surface area (Å²) in [4.78, 5) is 0. The zero-order valence-electron chi connectivity index (χ0n) is 8.79. The van der Waals surface area contributed by atoms with E-state index < -0.39 is 0 Å². The summed E-state index contributed by atoms with van der Waals surface area (Å²) in [5, 5.41) is 1.76. The Bertz CT molecular complexity index is 509. The number of hydrogen-bond donors (Lipinski definition) is 0. The molecule has 0 heterocycles. The molecule has 1 nitrogen and oxygen atoms in total. The molecule has 2 aromatic carbocycles. The van der Waals surface area contributed by atoms with Gasteiger partial charge in [0.25, 0.3) is 0 Å². The first kappa shape index (κ1) is 12.6. The molecule has 0 saturated carbocycles. The van der Waals surface area contributed by atoms with Gasteiger partial charge in [0, 0.05) is 5.02 Å². The highest BCUT2D eigenvalue weighted by atomic mass is 35.5. The predicted molar refractivity (Wildman–Crippen MR) is 72.2 cm³/mol. The first-order valence-electron chi connectivity index (χ1n) is 4.97. The lowest BCUT2D eigenvalue weighted by Gasteiger charge is -2.07. The fourth-order valence-electron chi connectivity index (χ4n) is 1.33. The minimum Gasteiger partial charge on any atom is -0.489 e. The fourth-order valence-corrected chi connectivity index (χ4v) is 1.77. The van der Waals surface area contributed by atoms with Crippen molar-refractivity contribution in [1.82, 2.24) is 0 Å². The molecule has 0 bridgehead atoms. The van der Waals surface area contributed by atoms with Crippen LogP contribution < -0.4 is 4.74 Å². The quantitative estimate of drug-likeness (QED) is 0.751. The third-order valence-corrected chi connectivity index (χ3v) is 3.19. The van der Waals surface area contributed by atoms with Crippen LogP contribution in [0.2, 0.25) is 15.1 Å². The molecule has 2 rings (SSSR count). The van der Waals surface area contributed by atoms with Gasteiger partial charge in [0.2, 0.25) is 0 Å². The lowest BCUT2D eigenvalue weighted by molar-refractivity contribution is 0.306. The summed E-state index contributed by atoms with van der Waals surface area (Å²) in [6, 6.07) is 12.6. The van der Waals surface area contributed by atoms with Crippen molar-refractivity contribution in [2.45, 2.75) is 6.61 Å². The molecule has 0 amide bonds. The summed E-state index contributed by atoms with van der Waals surface area (Å²) in [5.41, 5.74) is 0.967. The van der Waals surface area contributed by atoms with E-state index in [-0.39, 0.29) is 0 Å². The van der Waals surface area contributed by atoms with Crippen LogP contribution in [0.15, 0.2) is 42.5 Å². The largest absolute Gasteiger partial charge is 0.489 e. The maximum absolute atomic E-state index is 5.91. The van der Waals surface area contributed by atoms with Crippen LogP contribution >= 0.6 is 34.8 Å². The maximum atomic E-state index is 5.91. The molecule has 17 heavy (non-hydrogen) atoms. The van der Waals surface area contributed by atoms with E-state index in [9.17, 15) is 0 Å². The lowest BCUT2D eigenvalue weighted by Crippen LogP contribution is -1.95. The van der Waals surface area contributed by atoms with Gasteiger partial charge in [-0.2, -0.15) is 0 Å². The minimum atomic E-state index is 0.443. The number of benzene rings is 2. The molecule has 0 radical (unpaired) electrons. The second-order valence-electron chi connectivity index (χ2n) is 3.49. The first-order chi connectivity index (χ1) is 8.15. The Hall–Kier alpha value is -0.890. The highest BCUT2D eigenvalue weighted by molar-refractivity contribution is 6.42. The van der Waals surface area contributed by atoms with E-state index in [2.05, 4.69) is 0 Å². The zero-order chi connectivity index (χ0) is 12.3. The molecule has 0 saturated heterocycles. The van der Waals surface area contributed by atoms with Crippen molar-refractivity contribution in [1.29, 1.82) is 0 Å². The third kappa shape index (κ3) is 3.53. The minimum absolute atomic E-state index is 0.443. The van der Waals surface area contributed by atoms with Crippen molar-refractivity contribution in [3.8, 4) is 5.75 Å². The van der Waals surface area contributed by atoms with Crippen molar-refractivity contribution >= 4 is 34.8 Å². The summed E-state index contributed by atoms with van der Waals surface area (Å²) >= 11 is 17.5. The standard InChI is InChI=1S/C13H9Cl3O/c14-10-2-4-11(5-3-10)17-8-9-1-6-12(15)13(16)7-9/h1-7H,8H2. The van der Waals surface area contributed by atoms with E-state index in [1.807, 2.05) is 18.2 Å². The van der Waals surface area contributed by atoms with Crippen LogP contribution in [0.5, 0.6) is 5.75 Å². The number of rotatable bonds is 3. The number of halogens is 3. The fraction of sp³-hybridized carbons (Fsp3) is 0.0769. The average Bonchev–Trinajstić information content (AvgIpc) is 2.33. The monoisotopic (exact) mass is 286 g/mol. The predicted octanol–water partition coefficient (Wildman–Crippen LogP) is 5.23. The molecule has 0 spiro atoms. The summed E-state index contributed by atoms with van der Waals surface area (Å²) in [5.74, 6) is 0.764. The van der Waals surface area contributed by atoms with Crippen LogP contribution in [0.1, 0.15) is 5.56 Å². The normalized spacial score (nSPS) is 10.3. The molecule has 0 aliphatic heterocycles. The van der Waals surface area contributed by atoms with Gasteiger partial charge >= 0.3 is 0 Å². The molecule has 4 heteroatoms. The summed E-state index contributed by atoms with van der Waals surface area (Å²) in [6.07, 6.45) is 0. The second kappa shape index (κ2) is 5.63. The molecule has 0 unspecified atom stereocenters.